The first-order valence-corrected chi connectivity index (χ1v) is 3.28. The Labute approximate surface area is 65.0 Å². The van der Waals surface area contributed by atoms with Crippen molar-refractivity contribution < 1.29 is 5.11 Å². The maximum absolute atomic E-state index is 8.73. The summed E-state index contributed by atoms with van der Waals surface area (Å²) in [5.74, 6) is 0.0281. The standard InChI is InChI=1S/C8H10N2O/c9-8(10)7-3-1-2-6(4-7)5-11/h1-4,11H,5H2,(H3,9,10). The molecule has 3 nitrogen and oxygen atoms in total. The van der Waals surface area contributed by atoms with Crippen molar-refractivity contribution in [1.82, 2.24) is 0 Å². The van der Waals surface area contributed by atoms with Crippen molar-refractivity contribution in [2.75, 3.05) is 0 Å². The van der Waals surface area contributed by atoms with E-state index in [9.17, 15) is 0 Å². The van der Waals surface area contributed by atoms with E-state index < -0.39 is 0 Å². The summed E-state index contributed by atoms with van der Waals surface area (Å²) in [7, 11) is 0. The quantitative estimate of drug-likeness (QED) is 0.423. The van der Waals surface area contributed by atoms with Crippen molar-refractivity contribution >= 4 is 5.84 Å². The van der Waals surface area contributed by atoms with Crippen molar-refractivity contribution in [3.05, 3.63) is 35.4 Å². The molecule has 0 saturated heterocycles. The number of amidine groups is 1. The summed E-state index contributed by atoms with van der Waals surface area (Å²) < 4.78 is 0. The molecule has 1 aromatic rings. The van der Waals surface area contributed by atoms with Crippen LogP contribution in [0.15, 0.2) is 24.3 Å². The molecule has 4 N–H and O–H groups in total. The summed E-state index contributed by atoms with van der Waals surface area (Å²) in [4.78, 5) is 0. The van der Waals surface area contributed by atoms with Gasteiger partial charge >= 0.3 is 0 Å². The fraction of sp³-hybridized carbons (Fsp3) is 0.125. The number of aliphatic hydroxyl groups excluding tert-OH is 1. The molecule has 0 unspecified atom stereocenters. The van der Waals surface area contributed by atoms with Crippen LogP contribution in [0.5, 0.6) is 0 Å². The van der Waals surface area contributed by atoms with E-state index in [1.807, 2.05) is 0 Å². The van der Waals surface area contributed by atoms with Crippen molar-refractivity contribution in [3.63, 3.8) is 0 Å². The summed E-state index contributed by atoms with van der Waals surface area (Å²) in [6.07, 6.45) is 0. The zero-order valence-corrected chi connectivity index (χ0v) is 6.04. The van der Waals surface area contributed by atoms with Gasteiger partial charge in [-0.3, -0.25) is 5.41 Å². The molecule has 1 aromatic carbocycles. The summed E-state index contributed by atoms with van der Waals surface area (Å²) in [6, 6.07) is 6.98. The minimum atomic E-state index is -0.0128. The van der Waals surface area contributed by atoms with Crippen LogP contribution >= 0.6 is 0 Å². The first-order chi connectivity index (χ1) is 5.24. The van der Waals surface area contributed by atoms with E-state index in [0.717, 1.165) is 5.56 Å². The van der Waals surface area contributed by atoms with Crippen LogP contribution in [0.3, 0.4) is 0 Å². The third-order valence-corrected chi connectivity index (χ3v) is 1.42. The molecule has 0 spiro atoms. The molecule has 58 valence electrons. The lowest BCUT2D eigenvalue weighted by molar-refractivity contribution is 0.282. The Hall–Kier alpha value is -1.35. The zero-order chi connectivity index (χ0) is 8.27. The molecule has 0 atom stereocenters. The predicted octanol–water partition coefficient (Wildman–Crippen LogP) is 0.463. The number of hydrogen-bond donors (Lipinski definition) is 3. The summed E-state index contributed by atoms with van der Waals surface area (Å²) in [6.45, 7) is -0.0128. The molecule has 0 aliphatic carbocycles. The van der Waals surface area contributed by atoms with Crippen LogP contribution in [0.25, 0.3) is 0 Å². The van der Waals surface area contributed by atoms with Crippen LogP contribution < -0.4 is 5.73 Å². The molecule has 0 aliphatic rings. The van der Waals surface area contributed by atoms with Gasteiger partial charge in [0.05, 0.1) is 6.61 Å². The van der Waals surface area contributed by atoms with E-state index in [1.54, 1.807) is 24.3 Å². The number of nitrogen functional groups attached to an aromatic ring is 1. The first-order valence-electron chi connectivity index (χ1n) is 3.28. The van der Waals surface area contributed by atoms with Gasteiger partial charge in [-0.1, -0.05) is 18.2 Å². The lowest BCUT2D eigenvalue weighted by Crippen LogP contribution is -2.10. The van der Waals surface area contributed by atoms with E-state index in [0.29, 0.717) is 5.56 Å². The van der Waals surface area contributed by atoms with Gasteiger partial charge in [0, 0.05) is 5.56 Å². The van der Waals surface area contributed by atoms with Gasteiger partial charge in [-0.05, 0) is 11.6 Å². The molecule has 11 heavy (non-hydrogen) atoms. The van der Waals surface area contributed by atoms with Crippen molar-refractivity contribution in [1.29, 1.82) is 5.41 Å². The topological polar surface area (TPSA) is 70.1 Å². The molecule has 0 bridgehead atoms. The first kappa shape index (κ1) is 7.75. The molecule has 0 aromatic heterocycles. The summed E-state index contributed by atoms with van der Waals surface area (Å²) in [5, 5.41) is 15.8. The number of benzene rings is 1. The fourth-order valence-corrected chi connectivity index (χ4v) is 0.837. The smallest absolute Gasteiger partial charge is 0.122 e. The predicted molar refractivity (Wildman–Crippen MR) is 43.4 cm³/mol. The highest BCUT2D eigenvalue weighted by Crippen LogP contribution is 2.03. The highest BCUT2D eigenvalue weighted by Gasteiger charge is 1.95. The maximum Gasteiger partial charge on any atom is 0.122 e. The van der Waals surface area contributed by atoms with Crippen LogP contribution in [0.4, 0.5) is 0 Å². The van der Waals surface area contributed by atoms with E-state index in [4.69, 9.17) is 16.2 Å². The molecule has 0 heterocycles. The Bertz CT molecular complexity index is 271. The van der Waals surface area contributed by atoms with Crippen LogP contribution in [0.1, 0.15) is 11.1 Å². The van der Waals surface area contributed by atoms with Crippen molar-refractivity contribution in [2.24, 2.45) is 5.73 Å². The van der Waals surface area contributed by atoms with Gasteiger partial charge in [-0.2, -0.15) is 0 Å². The van der Waals surface area contributed by atoms with Crippen LogP contribution in [-0.4, -0.2) is 10.9 Å². The second-order valence-corrected chi connectivity index (χ2v) is 2.27. The second-order valence-electron chi connectivity index (χ2n) is 2.27. The Balaban J connectivity index is 3.01. The Morgan fingerprint density at radius 2 is 2.27 bits per heavy atom. The third-order valence-electron chi connectivity index (χ3n) is 1.42. The normalized spacial score (nSPS) is 9.55. The number of rotatable bonds is 2. The van der Waals surface area contributed by atoms with E-state index in [1.165, 1.54) is 0 Å². The van der Waals surface area contributed by atoms with E-state index in [2.05, 4.69) is 0 Å². The van der Waals surface area contributed by atoms with E-state index in [-0.39, 0.29) is 12.4 Å². The highest BCUT2D eigenvalue weighted by atomic mass is 16.3. The lowest BCUT2D eigenvalue weighted by Gasteiger charge is -1.99. The Morgan fingerprint density at radius 3 is 2.82 bits per heavy atom. The van der Waals surface area contributed by atoms with Gasteiger partial charge in [0.25, 0.3) is 0 Å². The molecular formula is C8H10N2O. The molecule has 0 amide bonds. The lowest BCUT2D eigenvalue weighted by atomic mass is 10.1. The van der Waals surface area contributed by atoms with Crippen molar-refractivity contribution in [3.8, 4) is 0 Å². The maximum atomic E-state index is 8.73. The van der Waals surface area contributed by atoms with Gasteiger partial charge < -0.3 is 10.8 Å². The van der Waals surface area contributed by atoms with Crippen molar-refractivity contribution in [2.45, 2.75) is 6.61 Å². The average molecular weight is 150 g/mol. The zero-order valence-electron chi connectivity index (χ0n) is 6.04. The molecule has 0 fully saturated rings. The number of hydrogen-bond acceptors (Lipinski definition) is 2. The molecule has 3 heteroatoms. The van der Waals surface area contributed by atoms with Gasteiger partial charge in [-0.15, -0.1) is 0 Å². The van der Waals surface area contributed by atoms with Crippen LogP contribution in [0.2, 0.25) is 0 Å². The molecule has 0 radical (unpaired) electrons. The fourth-order valence-electron chi connectivity index (χ4n) is 0.837. The Morgan fingerprint density at radius 1 is 1.55 bits per heavy atom. The van der Waals surface area contributed by atoms with E-state index >= 15 is 0 Å². The van der Waals surface area contributed by atoms with Crippen LogP contribution in [-0.2, 0) is 6.61 Å². The molecular weight excluding hydrogens is 140 g/mol. The minimum absolute atomic E-state index is 0.0128. The average Bonchev–Trinajstić information content (AvgIpc) is 2.05. The summed E-state index contributed by atoms with van der Waals surface area (Å²) >= 11 is 0. The second kappa shape index (κ2) is 3.16. The SMILES string of the molecule is N=C(N)c1cccc(CO)c1. The largest absolute Gasteiger partial charge is 0.392 e. The highest BCUT2D eigenvalue weighted by molar-refractivity contribution is 5.95. The third kappa shape index (κ3) is 1.78. The number of aliphatic hydroxyl groups is 1. The van der Waals surface area contributed by atoms with Gasteiger partial charge in [0.15, 0.2) is 0 Å². The Kier molecular flexibility index (Phi) is 2.23. The van der Waals surface area contributed by atoms with Crippen LogP contribution in [0, 0.1) is 5.41 Å². The molecule has 0 saturated carbocycles. The molecule has 0 aliphatic heterocycles. The van der Waals surface area contributed by atoms with Gasteiger partial charge in [0.1, 0.15) is 5.84 Å². The number of nitrogens with one attached hydrogen (secondary N) is 1. The molecule has 1 rings (SSSR count). The van der Waals surface area contributed by atoms with Gasteiger partial charge in [0.2, 0.25) is 0 Å². The van der Waals surface area contributed by atoms with Gasteiger partial charge in [-0.25, -0.2) is 0 Å². The minimum Gasteiger partial charge on any atom is -0.392 e. The summed E-state index contributed by atoms with van der Waals surface area (Å²) in [5.41, 5.74) is 6.66. The monoisotopic (exact) mass is 150 g/mol. The number of nitrogens with two attached hydrogens (primary N) is 1.